The number of halogens is 1. The fourth-order valence-electron chi connectivity index (χ4n) is 1.71. The Labute approximate surface area is 106 Å². The Morgan fingerprint density at radius 3 is 2.62 bits per heavy atom. The van der Waals surface area contributed by atoms with Crippen molar-refractivity contribution in [2.45, 2.75) is 25.9 Å². The SMILES string of the molecule is COCCC(C)C(C)(O)c1ccccc1Br. The first-order valence-corrected chi connectivity index (χ1v) is 6.25. The van der Waals surface area contributed by atoms with Gasteiger partial charge in [-0.15, -0.1) is 0 Å². The quantitative estimate of drug-likeness (QED) is 0.900. The second-order valence-electron chi connectivity index (χ2n) is 4.31. The van der Waals surface area contributed by atoms with Gasteiger partial charge in [-0.25, -0.2) is 0 Å². The average molecular weight is 287 g/mol. The Hall–Kier alpha value is -0.380. The van der Waals surface area contributed by atoms with Crippen molar-refractivity contribution in [3.8, 4) is 0 Å². The molecule has 2 unspecified atom stereocenters. The lowest BCUT2D eigenvalue weighted by Gasteiger charge is -2.31. The van der Waals surface area contributed by atoms with Crippen molar-refractivity contribution in [1.82, 2.24) is 0 Å². The average Bonchev–Trinajstić information content (AvgIpc) is 2.26. The molecule has 0 amide bonds. The van der Waals surface area contributed by atoms with E-state index in [1.54, 1.807) is 7.11 Å². The van der Waals surface area contributed by atoms with Crippen molar-refractivity contribution in [2.75, 3.05) is 13.7 Å². The minimum Gasteiger partial charge on any atom is -0.385 e. The molecule has 2 atom stereocenters. The van der Waals surface area contributed by atoms with Gasteiger partial charge < -0.3 is 9.84 Å². The number of hydrogen-bond acceptors (Lipinski definition) is 2. The summed E-state index contributed by atoms with van der Waals surface area (Å²) in [6.07, 6.45) is 0.838. The minimum atomic E-state index is -0.835. The Balaban J connectivity index is 2.88. The Morgan fingerprint density at radius 1 is 1.44 bits per heavy atom. The first-order chi connectivity index (χ1) is 7.50. The van der Waals surface area contributed by atoms with Crippen LogP contribution in [-0.2, 0) is 10.3 Å². The van der Waals surface area contributed by atoms with Crippen LogP contribution in [-0.4, -0.2) is 18.8 Å². The van der Waals surface area contributed by atoms with E-state index in [9.17, 15) is 5.11 Å². The van der Waals surface area contributed by atoms with Crippen LogP contribution in [0.1, 0.15) is 25.8 Å². The van der Waals surface area contributed by atoms with Gasteiger partial charge in [0.05, 0.1) is 5.60 Å². The standard InChI is InChI=1S/C13H19BrO2/c1-10(8-9-16-3)13(2,15)11-6-4-5-7-12(11)14/h4-7,10,15H,8-9H2,1-3H3. The molecule has 0 saturated carbocycles. The predicted molar refractivity (Wildman–Crippen MR) is 69.4 cm³/mol. The first kappa shape index (κ1) is 13.7. The van der Waals surface area contributed by atoms with Gasteiger partial charge in [0.25, 0.3) is 0 Å². The summed E-state index contributed by atoms with van der Waals surface area (Å²) in [5, 5.41) is 10.6. The van der Waals surface area contributed by atoms with Crippen LogP contribution in [0.4, 0.5) is 0 Å². The third-order valence-corrected chi connectivity index (χ3v) is 3.83. The molecule has 0 heterocycles. The number of aliphatic hydroxyl groups is 1. The monoisotopic (exact) mass is 286 g/mol. The second kappa shape index (κ2) is 5.80. The largest absolute Gasteiger partial charge is 0.385 e. The van der Waals surface area contributed by atoms with E-state index in [-0.39, 0.29) is 5.92 Å². The first-order valence-electron chi connectivity index (χ1n) is 5.46. The normalized spacial score (nSPS) is 16.8. The van der Waals surface area contributed by atoms with Gasteiger partial charge in [0.15, 0.2) is 0 Å². The van der Waals surface area contributed by atoms with Crippen LogP contribution in [0.25, 0.3) is 0 Å². The van der Waals surface area contributed by atoms with Crippen molar-refractivity contribution in [2.24, 2.45) is 5.92 Å². The van der Waals surface area contributed by atoms with Crippen LogP contribution in [0, 0.1) is 5.92 Å². The molecule has 0 aliphatic rings. The molecule has 0 fully saturated rings. The van der Waals surface area contributed by atoms with Gasteiger partial charge >= 0.3 is 0 Å². The van der Waals surface area contributed by atoms with Gasteiger partial charge in [0, 0.05) is 18.2 Å². The summed E-state index contributed by atoms with van der Waals surface area (Å²) in [4.78, 5) is 0. The van der Waals surface area contributed by atoms with Gasteiger partial charge in [0.1, 0.15) is 0 Å². The third-order valence-electron chi connectivity index (χ3n) is 3.13. The minimum absolute atomic E-state index is 0.145. The molecule has 2 nitrogen and oxygen atoms in total. The maximum absolute atomic E-state index is 10.6. The number of rotatable bonds is 5. The van der Waals surface area contributed by atoms with Crippen LogP contribution >= 0.6 is 15.9 Å². The number of ether oxygens (including phenoxy) is 1. The van der Waals surface area contributed by atoms with Crippen molar-refractivity contribution < 1.29 is 9.84 Å². The topological polar surface area (TPSA) is 29.5 Å². The van der Waals surface area contributed by atoms with E-state index in [1.807, 2.05) is 38.1 Å². The maximum atomic E-state index is 10.6. The summed E-state index contributed by atoms with van der Waals surface area (Å²) in [7, 11) is 1.68. The zero-order chi connectivity index (χ0) is 12.2. The van der Waals surface area contributed by atoms with E-state index in [4.69, 9.17) is 4.74 Å². The van der Waals surface area contributed by atoms with Crippen LogP contribution < -0.4 is 0 Å². The zero-order valence-corrected chi connectivity index (χ0v) is 11.6. The van der Waals surface area contributed by atoms with Gasteiger partial charge in [-0.2, -0.15) is 0 Å². The summed E-state index contributed by atoms with van der Waals surface area (Å²) >= 11 is 3.48. The van der Waals surface area contributed by atoms with E-state index in [0.717, 1.165) is 16.5 Å². The summed E-state index contributed by atoms with van der Waals surface area (Å²) < 4.78 is 6.00. The molecule has 0 aromatic heterocycles. The lowest BCUT2D eigenvalue weighted by molar-refractivity contribution is -0.0113. The molecule has 0 aliphatic heterocycles. The van der Waals surface area contributed by atoms with Crippen molar-refractivity contribution in [1.29, 1.82) is 0 Å². The summed E-state index contributed by atoms with van der Waals surface area (Å²) in [5.74, 6) is 0.145. The highest BCUT2D eigenvalue weighted by molar-refractivity contribution is 9.10. The van der Waals surface area contributed by atoms with E-state index in [1.165, 1.54) is 0 Å². The highest BCUT2D eigenvalue weighted by atomic mass is 79.9. The summed E-state index contributed by atoms with van der Waals surface area (Å²) in [5.41, 5.74) is 0.0946. The molecule has 1 N–H and O–H groups in total. The molecule has 1 rings (SSSR count). The molecule has 3 heteroatoms. The van der Waals surface area contributed by atoms with E-state index in [2.05, 4.69) is 15.9 Å². The lowest BCUT2D eigenvalue weighted by Crippen LogP contribution is -2.31. The highest BCUT2D eigenvalue weighted by Gasteiger charge is 2.31. The summed E-state index contributed by atoms with van der Waals surface area (Å²) in [6.45, 7) is 4.56. The molecule has 0 bridgehead atoms. The predicted octanol–water partition coefficient (Wildman–Crippen LogP) is 3.33. The van der Waals surface area contributed by atoms with Gasteiger partial charge in [0.2, 0.25) is 0 Å². The molecule has 16 heavy (non-hydrogen) atoms. The molecule has 1 aromatic rings. The van der Waals surface area contributed by atoms with Crippen molar-refractivity contribution in [3.05, 3.63) is 34.3 Å². The molecule has 0 radical (unpaired) electrons. The summed E-state index contributed by atoms with van der Waals surface area (Å²) in [6, 6.07) is 7.79. The van der Waals surface area contributed by atoms with Crippen molar-refractivity contribution >= 4 is 15.9 Å². The number of benzene rings is 1. The molecule has 0 aliphatic carbocycles. The molecule has 0 spiro atoms. The van der Waals surface area contributed by atoms with Crippen LogP contribution in [0.5, 0.6) is 0 Å². The fraction of sp³-hybridized carbons (Fsp3) is 0.538. The molecular formula is C13H19BrO2. The van der Waals surface area contributed by atoms with Crippen LogP contribution in [0.2, 0.25) is 0 Å². The van der Waals surface area contributed by atoms with Crippen LogP contribution in [0.15, 0.2) is 28.7 Å². The van der Waals surface area contributed by atoms with Gasteiger partial charge in [-0.05, 0) is 30.9 Å². The Bertz CT molecular complexity index is 336. The number of hydrogen-bond donors (Lipinski definition) is 1. The van der Waals surface area contributed by atoms with E-state index < -0.39 is 5.60 Å². The highest BCUT2D eigenvalue weighted by Crippen LogP contribution is 2.35. The number of methoxy groups -OCH3 is 1. The van der Waals surface area contributed by atoms with E-state index in [0.29, 0.717) is 6.61 Å². The lowest BCUT2D eigenvalue weighted by atomic mass is 9.82. The van der Waals surface area contributed by atoms with Crippen molar-refractivity contribution in [3.63, 3.8) is 0 Å². The van der Waals surface area contributed by atoms with Gasteiger partial charge in [-0.1, -0.05) is 41.1 Å². The van der Waals surface area contributed by atoms with Gasteiger partial charge in [-0.3, -0.25) is 0 Å². The molecule has 90 valence electrons. The second-order valence-corrected chi connectivity index (χ2v) is 5.16. The fourth-order valence-corrected chi connectivity index (χ4v) is 2.40. The molecular weight excluding hydrogens is 268 g/mol. The molecule has 1 aromatic carbocycles. The van der Waals surface area contributed by atoms with E-state index >= 15 is 0 Å². The van der Waals surface area contributed by atoms with Crippen LogP contribution in [0.3, 0.4) is 0 Å². The Morgan fingerprint density at radius 2 is 2.06 bits per heavy atom. The maximum Gasteiger partial charge on any atom is 0.0905 e. The Kier molecular flexibility index (Phi) is 4.96. The third kappa shape index (κ3) is 3.06. The molecule has 0 saturated heterocycles. The zero-order valence-electron chi connectivity index (χ0n) is 10.0. The smallest absolute Gasteiger partial charge is 0.0905 e.